The predicted octanol–water partition coefficient (Wildman–Crippen LogP) is 1.40. The van der Waals surface area contributed by atoms with Crippen molar-refractivity contribution in [2.75, 3.05) is 33.5 Å². The van der Waals surface area contributed by atoms with E-state index in [9.17, 15) is 4.79 Å². The van der Waals surface area contributed by atoms with Gasteiger partial charge in [0.1, 0.15) is 0 Å². The number of carbonyl (C=O) groups is 1. The van der Waals surface area contributed by atoms with E-state index >= 15 is 0 Å². The van der Waals surface area contributed by atoms with Crippen LogP contribution in [0, 0.1) is 0 Å². The second-order valence-electron chi connectivity index (χ2n) is 2.12. The lowest BCUT2D eigenvalue weighted by Gasteiger charge is -1.99. The predicted molar refractivity (Wildman–Crippen MR) is 55.2 cm³/mol. The van der Waals surface area contributed by atoms with Gasteiger partial charge in [0.05, 0.1) is 20.3 Å². The van der Waals surface area contributed by atoms with Crippen LogP contribution in [0.15, 0.2) is 12.7 Å². The quantitative estimate of drug-likeness (QED) is 0.373. The van der Waals surface area contributed by atoms with Gasteiger partial charge in [-0.1, -0.05) is 6.58 Å². The molecule has 0 radical (unpaired) electrons. The summed E-state index contributed by atoms with van der Waals surface area (Å²) in [6.07, 6.45) is 1.11. The summed E-state index contributed by atoms with van der Waals surface area (Å²) in [5.41, 5.74) is 0. The first-order chi connectivity index (χ1) is 6.72. The van der Waals surface area contributed by atoms with Gasteiger partial charge in [0.2, 0.25) is 0 Å². The zero-order valence-corrected chi connectivity index (χ0v) is 9.25. The molecule has 0 aromatic heterocycles. The average Bonchev–Trinajstić information content (AvgIpc) is 2.24. The first kappa shape index (κ1) is 15.6. The highest BCUT2D eigenvalue weighted by Gasteiger charge is 1.82. The number of hydrogen-bond donors (Lipinski definition) is 0. The van der Waals surface area contributed by atoms with Gasteiger partial charge in [-0.15, -0.1) is 0 Å². The summed E-state index contributed by atoms with van der Waals surface area (Å²) in [4.78, 5) is 9.84. The Labute approximate surface area is 85.8 Å². The van der Waals surface area contributed by atoms with Crippen LogP contribution in [-0.4, -0.2) is 39.5 Å². The summed E-state index contributed by atoms with van der Waals surface area (Å²) in [7, 11) is 1.31. The second-order valence-corrected chi connectivity index (χ2v) is 2.12. The van der Waals surface area contributed by atoms with Crippen molar-refractivity contribution in [1.82, 2.24) is 0 Å². The number of rotatable bonds is 6. The molecule has 0 heterocycles. The Hall–Kier alpha value is -0.870. The standard InChI is InChI=1S/C6H14O2.C4H6O2/c1-3-7-5-6-8-4-2;1-3-4(5)6-2/h3-6H2,1-2H3;3H,1H2,2H3. The van der Waals surface area contributed by atoms with Crippen molar-refractivity contribution in [3.63, 3.8) is 0 Å². The van der Waals surface area contributed by atoms with Crippen LogP contribution in [0.25, 0.3) is 0 Å². The van der Waals surface area contributed by atoms with E-state index in [1.165, 1.54) is 7.11 Å². The van der Waals surface area contributed by atoms with Crippen LogP contribution < -0.4 is 0 Å². The van der Waals surface area contributed by atoms with Gasteiger partial charge in [-0.05, 0) is 13.8 Å². The van der Waals surface area contributed by atoms with E-state index in [1.54, 1.807) is 0 Å². The van der Waals surface area contributed by atoms with Gasteiger partial charge in [-0.2, -0.15) is 0 Å². The maximum atomic E-state index is 9.84. The molecule has 0 aromatic rings. The smallest absolute Gasteiger partial charge is 0.329 e. The minimum atomic E-state index is -0.394. The fraction of sp³-hybridized carbons (Fsp3) is 0.700. The lowest BCUT2D eigenvalue weighted by atomic mass is 10.7. The molecule has 14 heavy (non-hydrogen) atoms. The van der Waals surface area contributed by atoms with Crippen molar-refractivity contribution in [2.45, 2.75) is 13.8 Å². The second kappa shape index (κ2) is 14.6. The molecule has 0 aliphatic heterocycles. The van der Waals surface area contributed by atoms with Crippen LogP contribution in [0.1, 0.15) is 13.8 Å². The molecule has 0 bridgehead atoms. The molecule has 0 saturated heterocycles. The van der Waals surface area contributed by atoms with Crippen LogP contribution in [0.2, 0.25) is 0 Å². The van der Waals surface area contributed by atoms with Crippen LogP contribution >= 0.6 is 0 Å². The molecule has 0 saturated carbocycles. The maximum absolute atomic E-state index is 9.84. The number of esters is 1. The Balaban J connectivity index is 0. The van der Waals surface area contributed by atoms with Crippen molar-refractivity contribution < 1.29 is 19.0 Å². The van der Waals surface area contributed by atoms with E-state index in [0.717, 1.165) is 32.5 Å². The first-order valence-corrected chi connectivity index (χ1v) is 4.58. The highest BCUT2D eigenvalue weighted by atomic mass is 16.5. The Morgan fingerprint density at radius 3 is 1.79 bits per heavy atom. The normalized spacial score (nSPS) is 8.50. The average molecular weight is 204 g/mol. The largest absolute Gasteiger partial charge is 0.466 e. The molecule has 0 aliphatic carbocycles. The summed E-state index contributed by atoms with van der Waals surface area (Å²) < 4.78 is 14.2. The Morgan fingerprint density at radius 1 is 1.21 bits per heavy atom. The molecule has 0 aromatic carbocycles. The van der Waals surface area contributed by atoms with E-state index < -0.39 is 5.97 Å². The van der Waals surface area contributed by atoms with Gasteiger partial charge in [0, 0.05) is 19.3 Å². The molecule has 0 rings (SSSR count). The third-order valence-electron chi connectivity index (χ3n) is 1.15. The van der Waals surface area contributed by atoms with Crippen LogP contribution in [0.5, 0.6) is 0 Å². The third-order valence-corrected chi connectivity index (χ3v) is 1.15. The number of carbonyl (C=O) groups excluding carboxylic acids is 1. The Bertz CT molecular complexity index is 128. The molecule has 4 heteroatoms. The highest BCUT2D eigenvalue weighted by Crippen LogP contribution is 1.75. The zero-order valence-electron chi connectivity index (χ0n) is 9.25. The van der Waals surface area contributed by atoms with Crippen molar-refractivity contribution >= 4 is 5.97 Å². The molecule has 0 fully saturated rings. The molecular weight excluding hydrogens is 184 g/mol. The van der Waals surface area contributed by atoms with Gasteiger partial charge >= 0.3 is 5.97 Å². The van der Waals surface area contributed by atoms with Gasteiger partial charge in [0.25, 0.3) is 0 Å². The van der Waals surface area contributed by atoms with Gasteiger partial charge in [-0.3, -0.25) is 0 Å². The van der Waals surface area contributed by atoms with Crippen molar-refractivity contribution in [2.24, 2.45) is 0 Å². The van der Waals surface area contributed by atoms with Crippen LogP contribution in [0.3, 0.4) is 0 Å². The Kier molecular flexibility index (Phi) is 16.3. The molecule has 0 spiro atoms. The molecule has 84 valence electrons. The highest BCUT2D eigenvalue weighted by molar-refractivity contribution is 5.80. The third kappa shape index (κ3) is 17.3. The molecule has 0 amide bonds. The zero-order chi connectivity index (χ0) is 11.2. The Morgan fingerprint density at radius 2 is 1.64 bits per heavy atom. The van der Waals surface area contributed by atoms with Gasteiger partial charge in [0.15, 0.2) is 0 Å². The van der Waals surface area contributed by atoms with Crippen molar-refractivity contribution in [3.8, 4) is 0 Å². The summed E-state index contributed by atoms with van der Waals surface area (Å²) in [5, 5.41) is 0. The SMILES string of the molecule is C=CC(=O)OC.CCOCCOCC. The van der Waals surface area contributed by atoms with Gasteiger partial charge < -0.3 is 14.2 Å². The minimum Gasteiger partial charge on any atom is -0.466 e. The van der Waals surface area contributed by atoms with E-state index in [1.807, 2.05) is 13.8 Å². The van der Waals surface area contributed by atoms with E-state index in [0.29, 0.717) is 0 Å². The van der Waals surface area contributed by atoms with Crippen molar-refractivity contribution in [1.29, 1.82) is 0 Å². The fourth-order valence-electron chi connectivity index (χ4n) is 0.490. The molecule has 0 unspecified atom stereocenters. The summed E-state index contributed by atoms with van der Waals surface area (Å²) >= 11 is 0. The van der Waals surface area contributed by atoms with E-state index in [4.69, 9.17) is 9.47 Å². The lowest BCUT2D eigenvalue weighted by molar-refractivity contribution is -0.134. The first-order valence-electron chi connectivity index (χ1n) is 4.58. The van der Waals surface area contributed by atoms with Crippen LogP contribution in [-0.2, 0) is 19.0 Å². The number of ether oxygens (including phenoxy) is 3. The van der Waals surface area contributed by atoms with Crippen molar-refractivity contribution in [3.05, 3.63) is 12.7 Å². The topological polar surface area (TPSA) is 44.8 Å². The fourth-order valence-corrected chi connectivity index (χ4v) is 0.490. The molecule has 0 atom stereocenters. The minimum absolute atomic E-state index is 0.394. The summed E-state index contributed by atoms with van der Waals surface area (Å²) in [6.45, 7) is 10.1. The lowest BCUT2D eigenvalue weighted by Crippen LogP contribution is -2.02. The van der Waals surface area contributed by atoms with Gasteiger partial charge in [-0.25, -0.2) is 4.79 Å². The molecule has 0 aliphatic rings. The van der Waals surface area contributed by atoms with Crippen LogP contribution in [0.4, 0.5) is 0 Å². The summed E-state index contributed by atoms with van der Waals surface area (Å²) in [6, 6.07) is 0. The van der Waals surface area contributed by atoms with E-state index in [2.05, 4.69) is 11.3 Å². The number of hydrogen-bond acceptors (Lipinski definition) is 4. The molecular formula is C10H20O4. The maximum Gasteiger partial charge on any atom is 0.329 e. The monoisotopic (exact) mass is 204 g/mol. The number of methoxy groups -OCH3 is 1. The summed E-state index contributed by atoms with van der Waals surface area (Å²) in [5.74, 6) is -0.394. The molecule has 4 nitrogen and oxygen atoms in total. The van der Waals surface area contributed by atoms with E-state index in [-0.39, 0.29) is 0 Å². The molecule has 0 N–H and O–H groups in total.